The van der Waals surface area contributed by atoms with Gasteiger partial charge in [-0.15, -0.1) is 0 Å². The standard InChI is InChI=1S/C16H27NO/c1-5-15(14-8-6-13(4)7-9-14)17-16(10-11-18)12(2)3/h6-9,12,15-18H,5,10-11H2,1-4H3. The topological polar surface area (TPSA) is 32.3 Å². The first-order chi connectivity index (χ1) is 8.58. The molecule has 0 aromatic heterocycles. The Bertz CT molecular complexity index is 331. The van der Waals surface area contributed by atoms with Crippen molar-refractivity contribution in [2.75, 3.05) is 6.61 Å². The quantitative estimate of drug-likeness (QED) is 0.776. The van der Waals surface area contributed by atoms with Crippen LogP contribution in [0.2, 0.25) is 0 Å². The summed E-state index contributed by atoms with van der Waals surface area (Å²) in [4.78, 5) is 0. The van der Waals surface area contributed by atoms with Crippen molar-refractivity contribution in [1.29, 1.82) is 0 Å². The van der Waals surface area contributed by atoms with Crippen LogP contribution in [0.1, 0.15) is 50.8 Å². The fraction of sp³-hybridized carbons (Fsp3) is 0.625. The fourth-order valence-electron chi connectivity index (χ4n) is 2.26. The van der Waals surface area contributed by atoms with Crippen molar-refractivity contribution in [2.24, 2.45) is 5.92 Å². The summed E-state index contributed by atoms with van der Waals surface area (Å²) in [7, 11) is 0. The normalized spacial score (nSPS) is 14.8. The van der Waals surface area contributed by atoms with Crippen LogP contribution in [0.3, 0.4) is 0 Å². The number of nitrogens with one attached hydrogen (secondary N) is 1. The maximum absolute atomic E-state index is 9.14. The Morgan fingerprint density at radius 1 is 1.17 bits per heavy atom. The number of aliphatic hydroxyl groups is 1. The van der Waals surface area contributed by atoms with E-state index in [-0.39, 0.29) is 6.61 Å². The molecular formula is C16H27NO. The molecule has 0 aliphatic heterocycles. The molecule has 0 aliphatic carbocycles. The molecule has 0 saturated carbocycles. The highest BCUT2D eigenvalue weighted by Crippen LogP contribution is 2.20. The summed E-state index contributed by atoms with van der Waals surface area (Å²) in [5.41, 5.74) is 2.64. The lowest BCUT2D eigenvalue weighted by atomic mass is 9.96. The zero-order valence-corrected chi connectivity index (χ0v) is 12.1. The van der Waals surface area contributed by atoms with Gasteiger partial charge in [-0.1, -0.05) is 50.6 Å². The van der Waals surface area contributed by atoms with Crippen LogP contribution in [0.4, 0.5) is 0 Å². The first-order valence-electron chi connectivity index (χ1n) is 7.02. The van der Waals surface area contributed by atoms with Crippen LogP contribution in [0.5, 0.6) is 0 Å². The molecule has 2 unspecified atom stereocenters. The number of rotatable bonds is 7. The molecule has 0 heterocycles. The average molecular weight is 249 g/mol. The van der Waals surface area contributed by atoms with Gasteiger partial charge in [0.2, 0.25) is 0 Å². The van der Waals surface area contributed by atoms with Crippen molar-refractivity contribution in [1.82, 2.24) is 5.32 Å². The van der Waals surface area contributed by atoms with E-state index in [0.29, 0.717) is 18.0 Å². The minimum atomic E-state index is 0.250. The lowest BCUT2D eigenvalue weighted by Gasteiger charge is -2.28. The monoisotopic (exact) mass is 249 g/mol. The average Bonchev–Trinajstić information content (AvgIpc) is 2.35. The van der Waals surface area contributed by atoms with Gasteiger partial charge < -0.3 is 10.4 Å². The summed E-state index contributed by atoms with van der Waals surface area (Å²) < 4.78 is 0. The third kappa shape index (κ3) is 4.43. The van der Waals surface area contributed by atoms with E-state index in [2.05, 4.69) is 57.3 Å². The summed E-state index contributed by atoms with van der Waals surface area (Å²) in [5.74, 6) is 0.539. The summed E-state index contributed by atoms with van der Waals surface area (Å²) in [6, 6.07) is 9.48. The molecule has 2 heteroatoms. The maximum atomic E-state index is 9.14. The molecule has 0 amide bonds. The van der Waals surface area contributed by atoms with Crippen LogP contribution in [0, 0.1) is 12.8 Å². The Morgan fingerprint density at radius 2 is 1.78 bits per heavy atom. The Kier molecular flexibility index (Phi) is 6.37. The van der Waals surface area contributed by atoms with Gasteiger partial charge in [-0.05, 0) is 31.2 Å². The Hall–Kier alpha value is -0.860. The fourth-order valence-corrected chi connectivity index (χ4v) is 2.26. The third-order valence-corrected chi connectivity index (χ3v) is 3.55. The van der Waals surface area contributed by atoms with Gasteiger partial charge in [-0.3, -0.25) is 0 Å². The van der Waals surface area contributed by atoms with E-state index >= 15 is 0 Å². The number of aliphatic hydroxyl groups excluding tert-OH is 1. The third-order valence-electron chi connectivity index (χ3n) is 3.55. The minimum Gasteiger partial charge on any atom is -0.396 e. The summed E-state index contributed by atoms with van der Waals surface area (Å²) >= 11 is 0. The number of hydrogen-bond donors (Lipinski definition) is 2. The van der Waals surface area contributed by atoms with Gasteiger partial charge in [0.1, 0.15) is 0 Å². The first kappa shape index (κ1) is 15.2. The van der Waals surface area contributed by atoms with Gasteiger partial charge >= 0.3 is 0 Å². The van der Waals surface area contributed by atoms with E-state index in [9.17, 15) is 0 Å². The van der Waals surface area contributed by atoms with Crippen molar-refractivity contribution in [3.8, 4) is 0 Å². The van der Waals surface area contributed by atoms with E-state index in [0.717, 1.165) is 12.8 Å². The second-order valence-electron chi connectivity index (χ2n) is 5.40. The molecule has 1 rings (SSSR count). The molecule has 1 aromatic rings. The van der Waals surface area contributed by atoms with Gasteiger partial charge in [-0.2, -0.15) is 0 Å². The number of hydrogen-bond acceptors (Lipinski definition) is 2. The molecular weight excluding hydrogens is 222 g/mol. The molecule has 18 heavy (non-hydrogen) atoms. The Balaban J connectivity index is 2.73. The summed E-state index contributed by atoms with van der Waals surface area (Å²) in [5, 5.41) is 12.8. The molecule has 2 atom stereocenters. The van der Waals surface area contributed by atoms with Gasteiger partial charge in [-0.25, -0.2) is 0 Å². The summed E-state index contributed by atoms with van der Waals surface area (Å²) in [6.45, 7) is 8.97. The van der Waals surface area contributed by atoms with Gasteiger partial charge in [0.05, 0.1) is 0 Å². The first-order valence-corrected chi connectivity index (χ1v) is 7.02. The molecule has 0 spiro atoms. The maximum Gasteiger partial charge on any atom is 0.0445 e. The Morgan fingerprint density at radius 3 is 2.22 bits per heavy atom. The van der Waals surface area contributed by atoms with Crippen LogP contribution < -0.4 is 5.32 Å². The summed E-state index contributed by atoms with van der Waals surface area (Å²) in [6.07, 6.45) is 1.89. The van der Waals surface area contributed by atoms with Crippen molar-refractivity contribution >= 4 is 0 Å². The predicted molar refractivity (Wildman–Crippen MR) is 77.7 cm³/mol. The van der Waals surface area contributed by atoms with Crippen molar-refractivity contribution in [3.63, 3.8) is 0 Å². The SMILES string of the molecule is CCC(NC(CCO)C(C)C)c1ccc(C)cc1. The Labute approximate surface area is 111 Å². The van der Waals surface area contributed by atoms with Crippen molar-refractivity contribution < 1.29 is 5.11 Å². The molecule has 0 radical (unpaired) electrons. The van der Waals surface area contributed by atoms with Gasteiger partial charge in [0, 0.05) is 18.7 Å². The van der Waals surface area contributed by atoms with E-state index < -0.39 is 0 Å². The largest absolute Gasteiger partial charge is 0.396 e. The number of aryl methyl sites for hydroxylation is 1. The molecule has 2 N–H and O–H groups in total. The molecule has 0 fully saturated rings. The zero-order valence-electron chi connectivity index (χ0n) is 12.1. The van der Waals surface area contributed by atoms with Crippen LogP contribution in [-0.2, 0) is 0 Å². The lowest BCUT2D eigenvalue weighted by molar-refractivity contribution is 0.233. The molecule has 0 aliphatic rings. The molecule has 0 saturated heterocycles. The van der Waals surface area contributed by atoms with Crippen LogP contribution in [0.15, 0.2) is 24.3 Å². The van der Waals surface area contributed by atoms with E-state index in [1.54, 1.807) is 0 Å². The van der Waals surface area contributed by atoms with Crippen LogP contribution in [-0.4, -0.2) is 17.8 Å². The van der Waals surface area contributed by atoms with E-state index in [1.807, 2.05) is 0 Å². The van der Waals surface area contributed by atoms with Crippen LogP contribution in [0.25, 0.3) is 0 Å². The van der Waals surface area contributed by atoms with Crippen molar-refractivity contribution in [2.45, 2.75) is 52.6 Å². The zero-order chi connectivity index (χ0) is 13.5. The second-order valence-corrected chi connectivity index (χ2v) is 5.40. The second kappa shape index (κ2) is 7.55. The van der Waals surface area contributed by atoms with Crippen molar-refractivity contribution in [3.05, 3.63) is 35.4 Å². The highest BCUT2D eigenvalue weighted by molar-refractivity contribution is 5.24. The predicted octanol–water partition coefficient (Wildman–Crippen LogP) is 3.44. The molecule has 2 nitrogen and oxygen atoms in total. The highest BCUT2D eigenvalue weighted by atomic mass is 16.3. The lowest BCUT2D eigenvalue weighted by Crippen LogP contribution is -2.37. The van der Waals surface area contributed by atoms with Gasteiger partial charge in [0.15, 0.2) is 0 Å². The van der Waals surface area contributed by atoms with E-state index in [4.69, 9.17) is 5.11 Å². The minimum absolute atomic E-state index is 0.250. The molecule has 102 valence electrons. The van der Waals surface area contributed by atoms with E-state index in [1.165, 1.54) is 11.1 Å². The highest BCUT2D eigenvalue weighted by Gasteiger charge is 2.17. The smallest absolute Gasteiger partial charge is 0.0445 e. The molecule has 0 bridgehead atoms. The molecule has 1 aromatic carbocycles. The van der Waals surface area contributed by atoms with Crippen LogP contribution >= 0.6 is 0 Å². The van der Waals surface area contributed by atoms with Gasteiger partial charge in [0.25, 0.3) is 0 Å². The number of benzene rings is 1.